The maximum Gasteiger partial charge on any atom is 0.305 e. The van der Waals surface area contributed by atoms with E-state index in [4.69, 9.17) is 4.74 Å². The summed E-state index contributed by atoms with van der Waals surface area (Å²) in [6, 6.07) is 0.0443. The van der Waals surface area contributed by atoms with Crippen LogP contribution in [0.1, 0.15) is 71.6 Å². The molecule has 0 aromatic carbocycles. The van der Waals surface area contributed by atoms with Crippen LogP contribution in [-0.4, -0.2) is 35.3 Å². The summed E-state index contributed by atoms with van der Waals surface area (Å²) in [5, 5.41) is 0. The van der Waals surface area contributed by atoms with Crippen LogP contribution in [0.2, 0.25) is 0 Å². The van der Waals surface area contributed by atoms with Gasteiger partial charge in [-0.2, -0.15) is 0 Å². The summed E-state index contributed by atoms with van der Waals surface area (Å²) in [6.07, 6.45) is 6.19. The highest BCUT2D eigenvalue weighted by atomic mass is 16.5. The van der Waals surface area contributed by atoms with Crippen molar-refractivity contribution in [1.82, 2.24) is 4.90 Å². The van der Waals surface area contributed by atoms with Crippen molar-refractivity contribution >= 4 is 17.8 Å². The summed E-state index contributed by atoms with van der Waals surface area (Å²) in [5.74, 6) is -0.222. The first-order valence-electron chi connectivity index (χ1n) is 8.10. The fourth-order valence-corrected chi connectivity index (χ4v) is 2.64. The van der Waals surface area contributed by atoms with E-state index in [0.717, 1.165) is 38.5 Å². The minimum atomic E-state index is -0.145. The predicted molar refractivity (Wildman–Crippen MR) is 79.5 cm³/mol. The molecular weight excluding hydrogens is 270 g/mol. The number of ether oxygens (including phenoxy) is 1. The molecule has 0 spiro atoms. The summed E-state index contributed by atoms with van der Waals surface area (Å²) < 4.78 is 5.09. The molecule has 1 unspecified atom stereocenters. The SMILES string of the molecule is CCCC(=O)OCCCCC1CCC(=O)N1C(=O)CCC. The zero-order chi connectivity index (χ0) is 15.7. The fourth-order valence-electron chi connectivity index (χ4n) is 2.64. The molecule has 0 aromatic heterocycles. The molecule has 0 saturated carbocycles. The van der Waals surface area contributed by atoms with Crippen LogP contribution in [0.15, 0.2) is 0 Å². The molecule has 1 saturated heterocycles. The first-order chi connectivity index (χ1) is 10.1. The maximum atomic E-state index is 12.0. The van der Waals surface area contributed by atoms with E-state index in [2.05, 4.69) is 0 Å². The molecule has 2 amide bonds. The largest absolute Gasteiger partial charge is 0.466 e. The van der Waals surface area contributed by atoms with Gasteiger partial charge in [0, 0.05) is 25.3 Å². The van der Waals surface area contributed by atoms with Gasteiger partial charge >= 0.3 is 5.97 Å². The van der Waals surface area contributed by atoms with Gasteiger partial charge in [-0.15, -0.1) is 0 Å². The lowest BCUT2D eigenvalue weighted by atomic mass is 10.1. The molecule has 1 fully saturated rings. The number of hydrogen-bond donors (Lipinski definition) is 0. The first-order valence-corrected chi connectivity index (χ1v) is 8.10. The van der Waals surface area contributed by atoms with Gasteiger partial charge in [0.25, 0.3) is 0 Å². The zero-order valence-electron chi connectivity index (χ0n) is 13.2. The Morgan fingerprint density at radius 3 is 2.57 bits per heavy atom. The van der Waals surface area contributed by atoms with Crippen LogP contribution >= 0.6 is 0 Å². The van der Waals surface area contributed by atoms with Gasteiger partial charge < -0.3 is 4.74 Å². The summed E-state index contributed by atoms with van der Waals surface area (Å²) in [6.45, 7) is 4.32. The monoisotopic (exact) mass is 297 g/mol. The Bertz CT molecular complexity index is 367. The fraction of sp³-hybridized carbons (Fsp3) is 0.812. The molecule has 1 aliphatic rings. The molecule has 1 aliphatic heterocycles. The molecule has 1 atom stereocenters. The molecule has 5 nitrogen and oxygen atoms in total. The highest BCUT2D eigenvalue weighted by molar-refractivity contribution is 5.97. The topological polar surface area (TPSA) is 63.7 Å². The molecule has 1 heterocycles. The Kier molecular flexibility index (Phi) is 8.01. The van der Waals surface area contributed by atoms with Crippen LogP contribution in [0, 0.1) is 0 Å². The van der Waals surface area contributed by atoms with Crippen molar-refractivity contribution in [1.29, 1.82) is 0 Å². The molecule has 0 radical (unpaired) electrons. The number of unbranched alkanes of at least 4 members (excludes halogenated alkanes) is 1. The maximum absolute atomic E-state index is 12.0. The molecule has 5 heteroatoms. The van der Waals surface area contributed by atoms with Crippen LogP contribution in [0.4, 0.5) is 0 Å². The van der Waals surface area contributed by atoms with E-state index in [1.165, 1.54) is 4.90 Å². The number of carbonyl (C=O) groups excluding carboxylic acids is 3. The summed E-state index contributed by atoms with van der Waals surface area (Å²) in [5.41, 5.74) is 0. The second-order valence-electron chi connectivity index (χ2n) is 5.57. The second-order valence-corrected chi connectivity index (χ2v) is 5.57. The van der Waals surface area contributed by atoms with Crippen LogP contribution < -0.4 is 0 Å². The number of carbonyl (C=O) groups is 3. The predicted octanol–water partition coefficient (Wildman–Crippen LogP) is 2.82. The molecule has 21 heavy (non-hydrogen) atoms. The Hall–Kier alpha value is -1.39. The van der Waals surface area contributed by atoms with E-state index >= 15 is 0 Å². The molecular formula is C16H27NO4. The third-order valence-electron chi connectivity index (χ3n) is 3.71. The number of hydrogen-bond acceptors (Lipinski definition) is 4. The van der Waals surface area contributed by atoms with Gasteiger partial charge in [0.2, 0.25) is 11.8 Å². The number of nitrogens with zero attached hydrogens (tertiary/aromatic N) is 1. The standard InChI is InChI=1S/C16H27NO4/c1-3-7-14(18)17-13(10-11-15(17)19)9-5-6-12-21-16(20)8-4-2/h13H,3-12H2,1-2H3. The number of likely N-dealkylation sites (tertiary alicyclic amines) is 1. The molecule has 0 bridgehead atoms. The summed E-state index contributed by atoms with van der Waals surface area (Å²) in [7, 11) is 0. The van der Waals surface area contributed by atoms with E-state index in [0.29, 0.717) is 25.9 Å². The van der Waals surface area contributed by atoms with E-state index in [1.807, 2.05) is 13.8 Å². The normalized spacial score (nSPS) is 18.1. The number of imide groups is 1. The van der Waals surface area contributed by atoms with Gasteiger partial charge in [-0.1, -0.05) is 13.8 Å². The quantitative estimate of drug-likeness (QED) is 0.485. The average Bonchev–Trinajstić information content (AvgIpc) is 2.80. The minimum absolute atomic E-state index is 0.0344. The van der Waals surface area contributed by atoms with Crippen molar-refractivity contribution in [3.8, 4) is 0 Å². The molecule has 0 aliphatic carbocycles. The van der Waals surface area contributed by atoms with Crippen LogP contribution in [0.25, 0.3) is 0 Å². The van der Waals surface area contributed by atoms with E-state index in [-0.39, 0.29) is 23.8 Å². The molecule has 1 rings (SSSR count). The van der Waals surface area contributed by atoms with Crippen molar-refractivity contribution in [2.45, 2.75) is 77.7 Å². The molecule has 0 N–H and O–H groups in total. The van der Waals surface area contributed by atoms with Crippen molar-refractivity contribution in [3.05, 3.63) is 0 Å². The lowest BCUT2D eigenvalue weighted by Crippen LogP contribution is -2.38. The van der Waals surface area contributed by atoms with Crippen molar-refractivity contribution in [3.63, 3.8) is 0 Å². The summed E-state index contributed by atoms with van der Waals surface area (Å²) in [4.78, 5) is 36.4. The summed E-state index contributed by atoms with van der Waals surface area (Å²) >= 11 is 0. The van der Waals surface area contributed by atoms with E-state index in [1.54, 1.807) is 0 Å². The third kappa shape index (κ3) is 5.86. The van der Waals surface area contributed by atoms with Gasteiger partial charge in [0.1, 0.15) is 0 Å². The first kappa shape index (κ1) is 17.7. The lowest BCUT2D eigenvalue weighted by molar-refractivity contribution is -0.144. The van der Waals surface area contributed by atoms with Crippen molar-refractivity contribution in [2.24, 2.45) is 0 Å². The molecule has 120 valence electrons. The van der Waals surface area contributed by atoms with Crippen molar-refractivity contribution in [2.75, 3.05) is 6.61 Å². The van der Waals surface area contributed by atoms with Gasteiger partial charge in [0.05, 0.1) is 6.61 Å². The average molecular weight is 297 g/mol. The smallest absolute Gasteiger partial charge is 0.305 e. The third-order valence-corrected chi connectivity index (χ3v) is 3.71. The zero-order valence-corrected chi connectivity index (χ0v) is 13.2. The highest BCUT2D eigenvalue weighted by Crippen LogP contribution is 2.24. The number of esters is 1. The minimum Gasteiger partial charge on any atom is -0.466 e. The number of amides is 2. The van der Waals surface area contributed by atoms with Crippen LogP contribution in [0.3, 0.4) is 0 Å². The Balaban J connectivity index is 2.26. The molecule has 0 aromatic rings. The van der Waals surface area contributed by atoms with Crippen LogP contribution in [-0.2, 0) is 19.1 Å². The Morgan fingerprint density at radius 2 is 1.90 bits per heavy atom. The highest BCUT2D eigenvalue weighted by Gasteiger charge is 2.34. The lowest BCUT2D eigenvalue weighted by Gasteiger charge is -2.22. The van der Waals surface area contributed by atoms with E-state index < -0.39 is 0 Å². The van der Waals surface area contributed by atoms with Gasteiger partial charge in [-0.05, 0) is 38.5 Å². The number of rotatable bonds is 9. The van der Waals surface area contributed by atoms with E-state index in [9.17, 15) is 14.4 Å². The van der Waals surface area contributed by atoms with Gasteiger partial charge in [-0.25, -0.2) is 0 Å². The van der Waals surface area contributed by atoms with Gasteiger partial charge in [-0.3, -0.25) is 19.3 Å². The van der Waals surface area contributed by atoms with Crippen molar-refractivity contribution < 1.29 is 19.1 Å². The Labute approximate surface area is 127 Å². The van der Waals surface area contributed by atoms with Gasteiger partial charge in [0.15, 0.2) is 0 Å². The second kappa shape index (κ2) is 9.53. The van der Waals surface area contributed by atoms with Crippen LogP contribution in [0.5, 0.6) is 0 Å². The Morgan fingerprint density at radius 1 is 1.19 bits per heavy atom.